The first-order valence-electron chi connectivity index (χ1n) is 6.29. The highest BCUT2D eigenvalue weighted by atomic mass is 35.5. The summed E-state index contributed by atoms with van der Waals surface area (Å²) >= 11 is 6.26. The summed E-state index contributed by atoms with van der Waals surface area (Å²) < 4.78 is 2.17. The van der Waals surface area contributed by atoms with Crippen LogP contribution in [0.5, 0.6) is 0 Å². The first-order valence-corrected chi connectivity index (χ1v) is 6.73. The average molecular weight is 266 g/mol. The molecule has 0 fully saturated rings. The maximum absolute atomic E-state index is 6.26. The molecule has 2 heterocycles. The van der Waals surface area contributed by atoms with Crippen molar-refractivity contribution in [1.82, 2.24) is 14.5 Å². The number of rotatable bonds is 2. The third-order valence-corrected chi connectivity index (χ3v) is 3.67. The second-order valence-corrected chi connectivity index (χ2v) is 6.50. The monoisotopic (exact) mass is 265 g/mol. The van der Waals surface area contributed by atoms with E-state index in [2.05, 4.69) is 42.2 Å². The molecule has 2 unspecified atom stereocenters. The predicted molar refractivity (Wildman–Crippen MR) is 76.0 cm³/mol. The Morgan fingerprint density at radius 3 is 2.50 bits per heavy atom. The van der Waals surface area contributed by atoms with Crippen molar-refractivity contribution in [3.05, 3.63) is 24.2 Å². The van der Waals surface area contributed by atoms with Gasteiger partial charge in [0.1, 0.15) is 11.3 Å². The Morgan fingerprint density at radius 2 is 1.94 bits per heavy atom. The van der Waals surface area contributed by atoms with Crippen LogP contribution in [0.25, 0.3) is 11.2 Å². The summed E-state index contributed by atoms with van der Waals surface area (Å²) in [6.07, 6.45) is 1.80. The molecule has 0 aliphatic rings. The van der Waals surface area contributed by atoms with E-state index in [-0.39, 0.29) is 16.8 Å². The molecular formula is C14H20ClN3. The van der Waals surface area contributed by atoms with E-state index < -0.39 is 0 Å². The maximum Gasteiger partial charge on any atom is 0.160 e. The first-order chi connectivity index (χ1) is 8.32. The van der Waals surface area contributed by atoms with Gasteiger partial charge in [-0.1, -0.05) is 20.8 Å². The lowest BCUT2D eigenvalue weighted by atomic mass is 9.87. The number of fused-ring (bicyclic) bond motifs is 1. The zero-order chi connectivity index (χ0) is 13.5. The van der Waals surface area contributed by atoms with Crippen LogP contribution < -0.4 is 0 Å². The molecular weight excluding hydrogens is 246 g/mol. The number of imidazole rings is 1. The molecule has 0 radical (unpaired) electrons. The first kappa shape index (κ1) is 13.3. The Labute approximate surface area is 113 Å². The van der Waals surface area contributed by atoms with Crippen molar-refractivity contribution in [2.24, 2.45) is 5.41 Å². The third kappa shape index (κ3) is 2.24. The summed E-state index contributed by atoms with van der Waals surface area (Å²) in [5.74, 6) is 0.896. The predicted octanol–water partition coefficient (Wildman–Crippen LogP) is 4.34. The van der Waals surface area contributed by atoms with Crippen LogP contribution in [0.4, 0.5) is 0 Å². The molecule has 0 spiro atoms. The van der Waals surface area contributed by atoms with Gasteiger partial charge in [-0.3, -0.25) is 0 Å². The molecule has 4 heteroatoms. The number of pyridine rings is 1. The van der Waals surface area contributed by atoms with E-state index in [1.165, 1.54) is 0 Å². The Bertz CT molecular complexity index is 552. The maximum atomic E-state index is 6.26. The van der Waals surface area contributed by atoms with Gasteiger partial charge in [0.15, 0.2) is 5.65 Å². The zero-order valence-corrected chi connectivity index (χ0v) is 12.4. The number of halogens is 1. The fourth-order valence-electron chi connectivity index (χ4n) is 2.00. The van der Waals surface area contributed by atoms with E-state index in [0.717, 1.165) is 17.0 Å². The van der Waals surface area contributed by atoms with Gasteiger partial charge in [0.2, 0.25) is 0 Å². The van der Waals surface area contributed by atoms with Crippen LogP contribution in [-0.4, -0.2) is 14.5 Å². The molecule has 0 bridgehead atoms. The topological polar surface area (TPSA) is 30.7 Å². The molecule has 0 aliphatic heterocycles. The van der Waals surface area contributed by atoms with E-state index in [0.29, 0.717) is 0 Å². The van der Waals surface area contributed by atoms with E-state index in [4.69, 9.17) is 11.6 Å². The molecule has 2 atom stereocenters. The van der Waals surface area contributed by atoms with Crippen LogP contribution in [0.15, 0.2) is 18.3 Å². The largest absolute Gasteiger partial charge is 0.308 e. The fraction of sp³-hybridized carbons (Fsp3) is 0.571. The van der Waals surface area contributed by atoms with Gasteiger partial charge in [0.25, 0.3) is 0 Å². The Morgan fingerprint density at radius 1 is 1.28 bits per heavy atom. The molecule has 2 aromatic rings. The molecule has 0 aromatic carbocycles. The van der Waals surface area contributed by atoms with Crippen molar-refractivity contribution in [1.29, 1.82) is 0 Å². The standard InChI is InChI=1S/C14H20ClN3/c1-9(15)12-17-11-7-6-8-16-13(11)18(12)10(2)14(3,4)5/h6-10H,1-5H3. The molecule has 98 valence electrons. The second kappa shape index (κ2) is 4.54. The van der Waals surface area contributed by atoms with Crippen molar-refractivity contribution < 1.29 is 0 Å². The van der Waals surface area contributed by atoms with Gasteiger partial charge in [-0.15, -0.1) is 11.6 Å². The molecule has 0 amide bonds. The van der Waals surface area contributed by atoms with E-state index in [1.807, 2.05) is 19.1 Å². The van der Waals surface area contributed by atoms with Gasteiger partial charge in [-0.05, 0) is 31.4 Å². The summed E-state index contributed by atoms with van der Waals surface area (Å²) in [5.41, 5.74) is 1.96. The van der Waals surface area contributed by atoms with Crippen LogP contribution in [0.1, 0.15) is 51.9 Å². The van der Waals surface area contributed by atoms with Crippen molar-refractivity contribution >= 4 is 22.8 Å². The summed E-state index contributed by atoms with van der Waals surface area (Å²) in [5, 5.41) is -0.121. The molecule has 3 nitrogen and oxygen atoms in total. The molecule has 0 N–H and O–H groups in total. The Hall–Kier alpha value is -1.09. The van der Waals surface area contributed by atoms with Crippen molar-refractivity contribution in [3.8, 4) is 0 Å². The summed E-state index contributed by atoms with van der Waals surface area (Å²) in [6, 6.07) is 4.18. The van der Waals surface area contributed by atoms with Gasteiger partial charge in [-0.25, -0.2) is 9.97 Å². The fourth-order valence-corrected chi connectivity index (χ4v) is 2.15. The van der Waals surface area contributed by atoms with Gasteiger partial charge in [0.05, 0.1) is 5.38 Å². The molecule has 0 saturated carbocycles. The smallest absolute Gasteiger partial charge is 0.160 e. The lowest BCUT2D eigenvalue weighted by Gasteiger charge is -2.30. The number of hydrogen-bond donors (Lipinski definition) is 0. The molecule has 2 rings (SSSR count). The van der Waals surface area contributed by atoms with Crippen molar-refractivity contribution in [2.75, 3.05) is 0 Å². The van der Waals surface area contributed by atoms with Gasteiger partial charge >= 0.3 is 0 Å². The van der Waals surface area contributed by atoms with Crippen LogP contribution in [0.2, 0.25) is 0 Å². The summed E-state index contributed by atoms with van der Waals surface area (Å²) in [4.78, 5) is 9.08. The number of hydrogen-bond acceptors (Lipinski definition) is 2. The molecule has 2 aromatic heterocycles. The minimum Gasteiger partial charge on any atom is -0.308 e. The van der Waals surface area contributed by atoms with E-state index >= 15 is 0 Å². The SMILES string of the molecule is CC(Cl)c1nc2cccnc2n1C(C)C(C)(C)C. The molecule has 0 saturated heterocycles. The highest BCUT2D eigenvalue weighted by Crippen LogP contribution is 2.35. The van der Waals surface area contributed by atoms with Crippen LogP contribution in [-0.2, 0) is 0 Å². The Balaban J connectivity index is 2.69. The third-order valence-electron chi connectivity index (χ3n) is 3.47. The number of alkyl halides is 1. The summed E-state index contributed by atoms with van der Waals surface area (Å²) in [6.45, 7) is 10.8. The highest BCUT2D eigenvalue weighted by Gasteiger charge is 2.27. The average Bonchev–Trinajstić information content (AvgIpc) is 2.65. The molecule has 0 aliphatic carbocycles. The summed E-state index contributed by atoms with van der Waals surface area (Å²) in [7, 11) is 0. The van der Waals surface area contributed by atoms with Gasteiger partial charge < -0.3 is 4.57 Å². The minimum atomic E-state index is -0.121. The lowest BCUT2D eigenvalue weighted by Crippen LogP contribution is -2.23. The van der Waals surface area contributed by atoms with E-state index in [9.17, 15) is 0 Å². The highest BCUT2D eigenvalue weighted by molar-refractivity contribution is 6.20. The van der Waals surface area contributed by atoms with Gasteiger partial charge in [0, 0.05) is 12.2 Å². The lowest BCUT2D eigenvalue weighted by molar-refractivity contribution is 0.261. The van der Waals surface area contributed by atoms with Crippen molar-refractivity contribution in [3.63, 3.8) is 0 Å². The second-order valence-electron chi connectivity index (χ2n) is 5.84. The normalized spacial score (nSPS) is 15.9. The van der Waals surface area contributed by atoms with Crippen LogP contribution in [0.3, 0.4) is 0 Å². The minimum absolute atomic E-state index is 0.121. The zero-order valence-electron chi connectivity index (χ0n) is 11.6. The quantitative estimate of drug-likeness (QED) is 0.757. The Kier molecular flexibility index (Phi) is 3.37. The number of aromatic nitrogens is 3. The number of nitrogens with zero attached hydrogens (tertiary/aromatic N) is 3. The van der Waals surface area contributed by atoms with Gasteiger partial charge in [-0.2, -0.15) is 0 Å². The van der Waals surface area contributed by atoms with Crippen LogP contribution >= 0.6 is 11.6 Å². The van der Waals surface area contributed by atoms with Crippen LogP contribution in [0, 0.1) is 5.41 Å². The van der Waals surface area contributed by atoms with Crippen molar-refractivity contribution in [2.45, 2.75) is 46.0 Å². The van der Waals surface area contributed by atoms with E-state index in [1.54, 1.807) is 6.20 Å². The molecule has 18 heavy (non-hydrogen) atoms.